The summed E-state index contributed by atoms with van der Waals surface area (Å²) in [5.74, 6) is 0.142. The Morgan fingerprint density at radius 1 is 1.19 bits per heavy atom. The van der Waals surface area contributed by atoms with Crippen LogP contribution >= 0.6 is 0 Å². The third-order valence-corrected chi connectivity index (χ3v) is 7.18. The molecule has 0 aliphatic carbocycles. The van der Waals surface area contributed by atoms with Crippen molar-refractivity contribution in [2.24, 2.45) is 5.92 Å². The number of nitrogens with one attached hydrogen (secondary N) is 1. The highest BCUT2D eigenvalue weighted by Gasteiger charge is 2.27. The SMILES string of the molecule is O=C(NCC1CCOCC1)c1cccc(S(=O)(=O)N2CCC[C@H](O)CC2)c1. The predicted molar refractivity (Wildman–Crippen MR) is 101 cm³/mol. The van der Waals surface area contributed by atoms with Crippen LogP contribution < -0.4 is 5.32 Å². The van der Waals surface area contributed by atoms with Crippen molar-refractivity contribution in [2.45, 2.75) is 43.1 Å². The summed E-state index contributed by atoms with van der Waals surface area (Å²) in [7, 11) is -3.67. The van der Waals surface area contributed by atoms with E-state index in [0.29, 0.717) is 50.4 Å². The van der Waals surface area contributed by atoms with Gasteiger partial charge < -0.3 is 15.2 Å². The van der Waals surface area contributed by atoms with Crippen molar-refractivity contribution in [3.63, 3.8) is 0 Å². The van der Waals surface area contributed by atoms with Gasteiger partial charge in [-0.15, -0.1) is 0 Å². The van der Waals surface area contributed by atoms with E-state index in [1.54, 1.807) is 12.1 Å². The van der Waals surface area contributed by atoms with Crippen LogP contribution in [0.4, 0.5) is 0 Å². The van der Waals surface area contributed by atoms with E-state index in [9.17, 15) is 18.3 Å². The Morgan fingerprint density at radius 3 is 2.74 bits per heavy atom. The Balaban J connectivity index is 1.67. The van der Waals surface area contributed by atoms with Crippen LogP contribution in [0.15, 0.2) is 29.2 Å². The second-order valence-electron chi connectivity index (χ2n) is 7.28. The number of aliphatic hydroxyl groups excluding tert-OH is 1. The van der Waals surface area contributed by atoms with Crippen molar-refractivity contribution >= 4 is 15.9 Å². The van der Waals surface area contributed by atoms with Crippen LogP contribution in [0, 0.1) is 5.92 Å². The van der Waals surface area contributed by atoms with Crippen molar-refractivity contribution in [3.8, 4) is 0 Å². The molecule has 1 aromatic carbocycles. The number of carbonyl (C=O) groups is 1. The predicted octanol–water partition coefficient (Wildman–Crippen LogP) is 1.38. The number of carbonyl (C=O) groups excluding carboxylic acids is 1. The van der Waals surface area contributed by atoms with Gasteiger partial charge in [-0.3, -0.25) is 4.79 Å². The molecule has 2 aliphatic rings. The summed E-state index contributed by atoms with van der Waals surface area (Å²) in [6.07, 6.45) is 3.08. The molecule has 8 heteroatoms. The molecule has 2 heterocycles. The number of ether oxygens (including phenoxy) is 1. The van der Waals surface area contributed by atoms with Gasteiger partial charge in [0.1, 0.15) is 0 Å². The minimum absolute atomic E-state index is 0.123. The van der Waals surface area contributed by atoms with Gasteiger partial charge in [-0.25, -0.2) is 8.42 Å². The number of hydrogen-bond donors (Lipinski definition) is 2. The molecule has 1 aromatic rings. The first-order valence-corrected chi connectivity index (χ1v) is 11.0. The molecule has 2 aliphatic heterocycles. The second kappa shape index (κ2) is 9.14. The van der Waals surface area contributed by atoms with Crippen LogP contribution in [0.5, 0.6) is 0 Å². The van der Waals surface area contributed by atoms with E-state index in [2.05, 4.69) is 5.32 Å². The lowest BCUT2D eigenvalue weighted by Gasteiger charge is -2.22. The maximum absolute atomic E-state index is 12.9. The Kier molecular flexibility index (Phi) is 6.86. The maximum atomic E-state index is 12.9. The largest absolute Gasteiger partial charge is 0.393 e. The van der Waals surface area contributed by atoms with E-state index in [-0.39, 0.29) is 10.8 Å². The van der Waals surface area contributed by atoms with Crippen molar-refractivity contribution in [1.82, 2.24) is 9.62 Å². The van der Waals surface area contributed by atoms with E-state index in [4.69, 9.17) is 4.74 Å². The van der Waals surface area contributed by atoms with Crippen LogP contribution in [0.1, 0.15) is 42.5 Å². The molecule has 7 nitrogen and oxygen atoms in total. The van der Waals surface area contributed by atoms with Crippen molar-refractivity contribution in [1.29, 1.82) is 0 Å². The molecule has 1 atom stereocenters. The van der Waals surface area contributed by atoms with E-state index in [1.807, 2.05) is 0 Å². The molecule has 0 saturated carbocycles. The van der Waals surface area contributed by atoms with Gasteiger partial charge in [0.25, 0.3) is 5.91 Å². The highest BCUT2D eigenvalue weighted by Crippen LogP contribution is 2.21. The van der Waals surface area contributed by atoms with Crippen molar-refractivity contribution in [2.75, 3.05) is 32.8 Å². The summed E-state index contributed by atoms with van der Waals surface area (Å²) in [4.78, 5) is 12.6. The molecule has 2 fully saturated rings. The normalized spacial score (nSPS) is 22.9. The van der Waals surface area contributed by atoms with Crippen LogP contribution in [0.2, 0.25) is 0 Å². The van der Waals surface area contributed by atoms with Gasteiger partial charge in [0.2, 0.25) is 10.0 Å². The van der Waals surface area contributed by atoms with Gasteiger partial charge in [0.15, 0.2) is 0 Å². The summed E-state index contributed by atoms with van der Waals surface area (Å²) in [5, 5.41) is 12.7. The molecular formula is C19H28N2O5S. The third-order valence-electron chi connectivity index (χ3n) is 5.28. The fourth-order valence-corrected chi connectivity index (χ4v) is 5.07. The smallest absolute Gasteiger partial charge is 0.251 e. The van der Waals surface area contributed by atoms with Crippen LogP contribution in [-0.4, -0.2) is 62.7 Å². The zero-order chi connectivity index (χ0) is 19.3. The molecule has 0 unspecified atom stereocenters. The molecule has 150 valence electrons. The average molecular weight is 397 g/mol. The Labute approximate surface area is 160 Å². The second-order valence-corrected chi connectivity index (χ2v) is 9.22. The Bertz CT molecular complexity index is 746. The molecule has 0 bridgehead atoms. The Morgan fingerprint density at radius 2 is 1.96 bits per heavy atom. The topological polar surface area (TPSA) is 95.9 Å². The number of rotatable bonds is 5. The lowest BCUT2D eigenvalue weighted by molar-refractivity contribution is 0.0642. The standard InChI is InChI=1S/C19H28N2O5S/c22-17-4-2-9-21(10-6-17)27(24,25)18-5-1-3-16(13-18)19(23)20-14-15-7-11-26-12-8-15/h1,3,5,13,15,17,22H,2,4,6-12,14H2,(H,20,23)/t17-/m0/s1. The molecule has 2 N–H and O–H groups in total. The lowest BCUT2D eigenvalue weighted by atomic mass is 10.0. The van der Waals surface area contributed by atoms with E-state index in [0.717, 1.165) is 26.1 Å². The molecule has 0 aromatic heterocycles. The number of hydrogen-bond acceptors (Lipinski definition) is 5. The Hall–Kier alpha value is -1.48. The fraction of sp³-hybridized carbons (Fsp3) is 0.632. The highest BCUT2D eigenvalue weighted by molar-refractivity contribution is 7.89. The average Bonchev–Trinajstić information content (AvgIpc) is 2.92. The number of aliphatic hydroxyl groups is 1. The van der Waals surface area contributed by atoms with Gasteiger partial charge in [-0.2, -0.15) is 4.31 Å². The third kappa shape index (κ3) is 5.28. The summed E-state index contributed by atoms with van der Waals surface area (Å²) in [6, 6.07) is 6.19. The van der Waals surface area contributed by atoms with Crippen LogP contribution in [0.25, 0.3) is 0 Å². The first-order valence-electron chi connectivity index (χ1n) is 9.61. The molecular weight excluding hydrogens is 368 g/mol. The minimum Gasteiger partial charge on any atom is -0.393 e. The quantitative estimate of drug-likeness (QED) is 0.784. The summed E-state index contributed by atoms with van der Waals surface area (Å²) < 4.78 is 32.6. The molecule has 3 rings (SSSR count). The maximum Gasteiger partial charge on any atom is 0.251 e. The number of sulfonamides is 1. The number of amides is 1. The van der Waals surface area contributed by atoms with Gasteiger partial charge in [-0.1, -0.05) is 6.07 Å². The first-order chi connectivity index (χ1) is 13.0. The van der Waals surface area contributed by atoms with E-state index < -0.39 is 16.1 Å². The highest BCUT2D eigenvalue weighted by atomic mass is 32.2. The number of benzene rings is 1. The monoisotopic (exact) mass is 396 g/mol. The van der Waals surface area contributed by atoms with Gasteiger partial charge in [0.05, 0.1) is 11.0 Å². The van der Waals surface area contributed by atoms with Crippen LogP contribution in [-0.2, 0) is 14.8 Å². The number of nitrogens with zero attached hydrogens (tertiary/aromatic N) is 1. The molecule has 2 saturated heterocycles. The van der Waals surface area contributed by atoms with Gasteiger partial charge in [0, 0.05) is 38.4 Å². The minimum atomic E-state index is -3.67. The zero-order valence-electron chi connectivity index (χ0n) is 15.5. The van der Waals surface area contributed by atoms with Crippen molar-refractivity contribution in [3.05, 3.63) is 29.8 Å². The van der Waals surface area contributed by atoms with Crippen molar-refractivity contribution < 1.29 is 23.1 Å². The molecule has 27 heavy (non-hydrogen) atoms. The van der Waals surface area contributed by atoms with E-state index in [1.165, 1.54) is 16.4 Å². The summed E-state index contributed by atoms with van der Waals surface area (Å²) >= 11 is 0. The molecule has 1 amide bonds. The zero-order valence-corrected chi connectivity index (χ0v) is 16.3. The van der Waals surface area contributed by atoms with Crippen LogP contribution in [0.3, 0.4) is 0 Å². The molecule has 0 radical (unpaired) electrons. The van der Waals surface area contributed by atoms with Gasteiger partial charge >= 0.3 is 0 Å². The summed E-state index contributed by atoms with van der Waals surface area (Å²) in [5.41, 5.74) is 0.345. The first kappa shape index (κ1) is 20.3. The van der Waals surface area contributed by atoms with Gasteiger partial charge in [-0.05, 0) is 56.2 Å². The molecule has 0 spiro atoms. The van der Waals surface area contributed by atoms with E-state index >= 15 is 0 Å². The fourth-order valence-electron chi connectivity index (χ4n) is 3.53. The lowest BCUT2D eigenvalue weighted by Crippen LogP contribution is -2.33. The summed E-state index contributed by atoms with van der Waals surface area (Å²) in [6.45, 7) is 2.70.